The lowest BCUT2D eigenvalue weighted by Crippen LogP contribution is -2.85. The maximum absolute atomic E-state index is 13.7. The molecule has 1 aromatic heterocycles. The molecule has 5 rings (SSSR count). The molecule has 2 aliphatic heterocycles. The van der Waals surface area contributed by atoms with Crippen LogP contribution < -0.4 is 32.1 Å². The van der Waals surface area contributed by atoms with Gasteiger partial charge < -0.3 is 41.7 Å². The third-order valence-electron chi connectivity index (χ3n) is 7.24. The summed E-state index contributed by atoms with van der Waals surface area (Å²) in [7, 11) is 0. The summed E-state index contributed by atoms with van der Waals surface area (Å²) in [5.74, 6) is -3.07. The van der Waals surface area contributed by atoms with Gasteiger partial charge >= 0.3 is 12.0 Å². The lowest BCUT2D eigenvalue weighted by Gasteiger charge is -2.52. The molecule has 3 heterocycles. The first-order valence-electron chi connectivity index (χ1n) is 13.4. The number of carboxylic acids is 1. The van der Waals surface area contributed by atoms with Crippen molar-refractivity contribution in [3.05, 3.63) is 76.7 Å². The molecule has 3 aromatic rings. The third kappa shape index (κ3) is 5.84. The van der Waals surface area contributed by atoms with Crippen molar-refractivity contribution in [2.45, 2.75) is 41.7 Å². The van der Waals surface area contributed by atoms with E-state index in [1.165, 1.54) is 24.3 Å². The summed E-state index contributed by atoms with van der Waals surface area (Å²) in [5.41, 5.74) is -2.13. The average Bonchev–Trinajstić information content (AvgIpc) is 3.27. The summed E-state index contributed by atoms with van der Waals surface area (Å²) < 4.78 is -0.967. The molecule has 45 heavy (non-hydrogen) atoms. The van der Waals surface area contributed by atoms with Crippen LogP contribution in [0, 0.1) is 0 Å². The molecule has 1 unspecified atom stereocenters. The number of carbonyl (C=O) groups excluding carboxylic acids is 4. The van der Waals surface area contributed by atoms with Crippen LogP contribution in [0.4, 0.5) is 22.1 Å². The van der Waals surface area contributed by atoms with E-state index in [1.54, 1.807) is 38.1 Å². The number of phenolic OH excluding ortho intramolecular Hbond substituents is 1. The van der Waals surface area contributed by atoms with E-state index in [0.29, 0.717) is 5.69 Å². The van der Waals surface area contributed by atoms with E-state index in [4.69, 9.17) is 0 Å². The number of urea groups is 1. The van der Waals surface area contributed by atoms with E-state index < -0.39 is 57.2 Å². The highest BCUT2D eigenvalue weighted by atomic mass is 32.2. The molecule has 0 bridgehead atoms. The van der Waals surface area contributed by atoms with Crippen LogP contribution in [0.2, 0.25) is 0 Å². The molecule has 0 radical (unpaired) electrons. The Labute approximate surface area is 259 Å². The molecule has 2 aliphatic rings. The first kappa shape index (κ1) is 30.9. The Kier molecular flexibility index (Phi) is 8.12. The van der Waals surface area contributed by atoms with Gasteiger partial charge in [-0.05, 0) is 43.7 Å². The molecule has 0 spiro atoms. The molecule has 5 amide bonds. The summed E-state index contributed by atoms with van der Waals surface area (Å²) in [6, 6.07) is 10.4. The fourth-order valence-electron chi connectivity index (χ4n) is 5.17. The number of H-pyrrole nitrogens is 1. The van der Waals surface area contributed by atoms with Gasteiger partial charge in [0.25, 0.3) is 11.5 Å². The van der Waals surface area contributed by atoms with Crippen LogP contribution in [0.15, 0.2) is 65.6 Å². The van der Waals surface area contributed by atoms with E-state index in [0.717, 1.165) is 22.9 Å². The molecule has 2 saturated heterocycles. The van der Waals surface area contributed by atoms with E-state index in [9.17, 15) is 39.0 Å². The lowest BCUT2D eigenvalue weighted by atomic mass is 9.91. The number of nitrogens with zero attached hydrogens (tertiary/aromatic N) is 2. The minimum absolute atomic E-state index is 0.115. The zero-order valence-electron chi connectivity index (χ0n) is 23.7. The van der Waals surface area contributed by atoms with Crippen molar-refractivity contribution in [3.63, 3.8) is 0 Å². The van der Waals surface area contributed by atoms with Crippen LogP contribution in [-0.4, -0.2) is 77.1 Å². The number of carbonyl (C=O) groups is 5. The van der Waals surface area contributed by atoms with Gasteiger partial charge in [0.15, 0.2) is 0 Å². The Hall–Kier alpha value is -5.58. The third-order valence-corrected chi connectivity index (χ3v) is 8.87. The van der Waals surface area contributed by atoms with Crippen molar-refractivity contribution in [2.75, 3.05) is 10.6 Å². The quantitative estimate of drug-likeness (QED) is 0.0880. The predicted octanol–water partition coefficient (Wildman–Crippen LogP) is 0.787. The van der Waals surface area contributed by atoms with Gasteiger partial charge in [0, 0.05) is 10.4 Å². The number of rotatable bonds is 10. The number of hydrogen-bond acceptors (Lipinski definition) is 10. The summed E-state index contributed by atoms with van der Waals surface area (Å²) >= 11 is 1.08. The van der Waals surface area contributed by atoms with Gasteiger partial charge in [0.05, 0.1) is 6.20 Å². The summed E-state index contributed by atoms with van der Waals surface area (Å²) in [6.45, 7) is 3.25. The van der Waals surface area contributed by atoms with Crippen LogP contribution in [0.5, 0.6) is 5.75 Å². The van der Waals surface area contributed by atoms with Gasteiger partial charge in [0.1, 0.15) is 28.9 Å². The molecular weight excluding hydrogens is 608 g/mol. The largest absolute Gasteiger partial charge is 0.508 e. The zero-order chi connectivity index (χ0) is 32.5. The van der Waals surface area contributed by atoms with Crippen LogP contribution in [0.1, 0.15) is 25.5 Å². The average molecular weight is 637 g/mol. The second-order valence-corrected chi connectivity index (χ2v) is 12.4. The summed E-state index contributed by atoms with van der Waals surface area (Å²) in [4.78, 5) is 84.1. The van der Waals surface area contributed by atoms with Crippen molar-refractivity contribution in [1.29, 1.82) is 0 Å². The zero-order valence-corrected chi connectivity index (χ0v) is 24.5. The first-order valence-corrected chi connectivity index (χ1v) is 14.3. The Morgan fingerprint density at radius 2 is 1.78 bits per heavy atom. The summed E-state index contributed by atoms with van der Waals surface area (Å²) in [6.07, 6.45) is 1.32. The van der Waals surface area contributed by atoms with Gasteiger partial charge in [-0.25, -0.2) is 14.6 Å². The minimum atomic E-state index is -2.01. The monoisotopic (exact) mass is 636 g/mol. The number of amides is 5. The number of carboxylic acid groups (broad SMARTS) is 1. The maximum atomic E-state index is 13.7. The lowest BCUT2D eigenvalue weighted by molar-refractivity contribution is -0.172. The van der Waals surface area contributed by atoms with E-state index in [-0.39, 0.29) is 29.4 Å². The molecule has 16 nitrogen and oxygen atoms in total. The highest BCUT2D eigenvalue weighted by Crippen LogP contribution is 2.54. The van der Waals surface area contributed by atoms with Crippen molar-refractivity contribution < 1.29 is 34.2 Å². The predicted molar refractivity (Wildman–Crippen MR) is 161 cm³/mol. The highest BCUT2D eigenvalue weighted by molar-refractivity contribution is 8.01. The SMILES string of the molecule is CC1(C)S[C@H]2N(C(=O)[C@@]2(NC=O)NC(=O)C(NC(=O)Nc2cnc(Nc3ccccc3)[nH]c2=O)c2ccc(O)cc2)[C@H]1C(=O)O. The molecule has 2 aromatic carbocycles. The number of hydrogen-bond donors (Lipinski definition) is 8. The van der Waals surface area contributed by atoms with Crippen LogP contribution in [0.25, 0.3) is 0 Å². The number of aliphatic carboxylic acids is 1. The van der Waals surface area contributed by atoms with Crippen molar-refractivity contribution in [1.82, 2.24) is 30.8 Å². The number of para-hydroxylation sites is 1. The van der Waals surface area contributed by atoms with Crippen molar-refractivity contribution >= 4 is 59.3 Å². The fourth-order valence-corrected chi connectivity index (χ4v) is 6.82. The molecule has 0 aliphatic carbocycles. The number of aromatic hydroxyl groups is 1. The van der Waals surface area contributed by atoms with E-state index in [2.05, 4.69) is 36.6 Å². The number of thioether (sulfide) groups is 1. The smallest absolute Gasteiger partial charge is 0.327 e. The van der Waals surface area contributed by atoms with Gasteiger partial charge in [-0.3, -0.25) is 24.2 Å². The number of phenols is 1. The van der Waals surface area contributed by atoms with Gasteiger partial charge in [-0.1, -0.05) is 30.3 Å². The van der Waals surface area contributed by atoms with Gasteiger partial charge in [-0.15, -0.1) is 11.8 Å². The Morgan fingerprint density at radius 3 is 2.40 bits per heavy atom. The number of nitrogens with one attached hydrogen (secondary N) is 6. The number of anilines is 3. The standard InChI is InChI=1S/C28H28N8O8S/c1-27(2)19(22(41)42)36-23(43)28(30-13-37,24(36)45-27)35-21(40)18(14-8-10-16(38)11-9-14)33-26(44)32-17-12-29-25(34-20(17)39)31-15-6-4-3-5-7-15/h3-13,18-19,24,38H,1-2H3,(H,30,37)(H,35,40)(H,41,42)(H2,32,33,44)(H2,29,31,34,39)/t18?,19-,24+,28+/m0/s1. The minimum Gasteiger partial charge on any atom is -0.508 e. The first-order chi connectivity index (χ1) is 21.4. The Morgan fingerprint density at radius 1 is 1.09 bits per heavy atom. The number of β-lactam (4-membered cyclic amide) rings is 1. The molecule has 4 atom stereocenters. The molecule has 2 fully saturated rings. The van der Waals surface area contributed by atoms with Crippen LogP contribution in [-0.2, 0) is 19.2 Å². The maximum Gasteiger partial charge on any atom is 0.327 e. The second kappa shape index (κ2) is 11.8. The normalized spacial score (nSPS) is 21.8. The number of fused-ring (bicyclic) bond motifs is 1. The highest BCUT2D eigenvalue weighted by Gasteiger charge is 2.72. The van der Waals surface area contributed by atoms with Crippen LogP contribution >= 0.6 is 11.8 Å². The van der Waals surface area contributed by atoms with Crippen LogP contribution in [0.3, 0.4) is 0 Å². The molecular formula is C28H28N8O8S. The number of aromatic nitrogens is 2. The van der Waals surface area contributed by atoms with Crippen molar-refractivity contribution in [2.24, 2.45) is 0 Å². The van der Waals surface area contributed by atoms with Crippen molar-refractivity contribution in [3.8, 4) is 5.75 Å². The number of benzene rings is 2. The molecule has 8 N–H and O–H groups in total. The summed E-state index contributed by atoms with van der Waals surface area (Å²) in [5, 5.41) is 31.0. The topological polar surface area (TPSA) is 235 Å². The molecule has 0 saturated carbocycles. The van der Waals surface area contributed by atoms with Gasteiger partial charge in [-0.2, -0.15) is 0 Å². The van der Waals surface area contributed by atoms with Gasteiger partial charge in [0.2, 0.25) is 23.9 Å². The molecule has 234 valence electrons. The Bertz CT molecular complexity index is 1720. The van der Waals surface area contributed by atoms with E-state index in [1.807, 2.05) is 6.07 Å². The second-order valence-electron chi connectivity index (χ2n) is 10.7. The molecule has 17 heteroatoms. The number of aromatic amines is 1. The Balaban J connectivity index is 1.36. The van der Waals surface area contributed by atoms with E-state index >= 15 is 0 Å². The fraction of sp³-hybridized carbons (Fsp3) is 0.250.